The Kier molecular flexibility index (Phi) is 4.93. The van der Waals surface area contributed by atoms with Crippen LogP contribution in [0.2, 0.25) is 0 Å². The van der Waals surface area contributed by atoms with E-state index in [4.69, 9.17) is 0 Å². The van der Waals surface area contributed by atoms with E-state index in [1.807, 2.05) is 16.7 Å². The van der Waals surface area contributed by atoms with Crippen molar-refractivity contribution in [3.63, 3.8) is 0 Å². The summed E-state index contributed by atoms with van der Waals surface area (Å²) in [5.74, 6) is 2.29. The second kappa shape index (κ2) is 7.10. The van der Waals surface area contributed by atoms with Crippen LogP contribution in [-0.2, 0) is 9.59 Å². The number of amides is 2. The lowest BCUT2D eigenvalue weighted by molar-refractivity contribution is -0.133. The highest BCUT2D eigenvalue weighted by molar-refractivity contribution is 5.78. The number of likely N-dealkylation sites (tertiary alicyclic amines) is 2. The van der Waals surface area contributed by atoms with Gasteiger partial charge in [-0.1, -0.05) is 0 Å². The summed E-state index contributed by atoms with van der Waals surface area (Å²) in [5.41, 5.74) is 0. The minimum atomic E-state index is 0.189. The van der Waals surface area contributed by atoms with E-state index >= 15 is 0 Å². The molecule has 0 aliphatic carbocycles. The van der Waals surface area contributed by atoms with Crippen LogP contribution >= 0.6 is 0 Å². The second-order valence-electron chi connectivity index (χ2n) is 6.55. The summed E-state index contributed by atoms with van der Waals surface area (Å²) in [4.78, 5) is 32.2. The zero-order chi connectivity index (χ0) is 16.2. The summed E-state index contributed by atoms with van der Waals surface area (Å²) in [6.45, 7) is 4.98. The Morgan fingerprint density at radius 1 is 1.35 bits per heavy atom. The number of aromatic amines is 1. The van der Waals surface area contributed by atoms with Gasteiger partial charge in [0.15, 0.2) is 5.82 Å². The van der Waals surface area contributed by atoms with Gasteiger partial charge in [-0.25, -0.2) is 4.98 Å². The molecular weight excluding hydrogens is 294 g/mol. The summed E-state index contributed by atoms with van der Waals surface area (Å²) in [5, 5.41) is 7.12. The molecular formula is C16H25N5O2. The van der Waals surface area contributed by atoms with Crippen molar-refractivity contribution in [2.24, 2.45) is 0 Å². The molecule has 7 nitrogen and oxygen atoms in total. The number of H-pyrrole nitrogens is 1. The number of carbonyl (C=O) groups excluding carboxylic acids is 2. The van der Waals surface area contributed by atoms with Crippen LogP contribution in [0.15, 0.2) is 0 Å². The van der Waals surface area contributed by atoms with Crippen LogP contribution in [0.5, 0.6) is 0 Å². The van der Waals surface area contributed by atoms with Crippen LogP contribution in [0.3, 0.4) is 0 Å². The first-order valence-electron chi connectivity index (χ1n) is 8.58. The Balaban J connectivity index is 1.46. The minimum Gasteiger partial charge on any atom is -0.343 e. The Labute approximate surface area is 136 Å². The highest BCUT2D eigenvalue weighted by atomic mass is 16.2. The highest BCUT2D eigenvalue weighted by Gasteiger charge is 2.27. The van der Waals surface area contributed by atoms with E-state index in [0.717, 1.165) is 50.4 Å². The van der Waals surface area contributed by atoms with Crippen molar-refractivity contribution in [1.29, 1.82) is 0 Å². The number of carbonyl (C=O) groups is 2. The molecule has 2 fully saturated rings. The van der Waals surface area contributed by atoms with Crippen molar-refractivity contribution in [2.75, 3.05) is 26.2 Å². The molecule has 2 saturated heterocycles. The van der Waals surface area contributed by atoms with Gasteiger partial charge < -0.3 is 9.80 Å². The average molecular weight is 319 g/mol. The third-order valence-electron chi connectivity index (χ3n) is 4.74. The van der Waals surface area contributed by atoms with Crippen LogP contribution in [0, 0.1) is 6.92 Å². The maximum Gasteiger partial charge on any atom is 0.222 e. The first kappa shape index (κ1) is 16.0. The number of piperidine rings is 1. The number of hydrogen-bond acceptors (Lipinski definition) is 4. The summed E-state index contributed by atoms with van der Waals surface area (Å²) >= 11 is 0. The number of hydrogen-bond donors (Lipinski definition) is 1. The van der Waals surface area contributed by atoms with Crippen molar-refractivity contribution in [1.82, 2.24) is 25.0 Å². The van der Waals surface area contributed by atoms with E-state index in [1.165, 1.54) is 0 Å². The van der Waals surface area contributed by atoms with Crippen molar-refractivity contribution in [3.05, 3.63) is 11.6 Å². The van der Waals surface area contributed by atoms with Crippen LogP contribution < -0.4 is 0 Å². The molecule has 7 heteroatoms. The number of nitrogens with one attached hydrogen (secondary N) is 1. The molecule has 1 N–H and O–H groups in total. The summed E-state index contributed by atoms with van der Waals surface area (Å²) in [6.07, 6.45) is 4.92. The van der Waals surface area contributed by atoms with Gasteiger partial charge in [-0.2, -0.15) is 5.10 Å². The van der Waals surface area contributed by atoms with Gasteiger partial charge in [0.2, 0.25) is 11.8 Å². The largest absolute Gasteiger partial charge is 0.343 e. The van der Waals surface area contributed by atoms with Crippen LogP contribution in [-0.4, -0.2) is 63.0 Å². The van der Waals surface area contributed by atoms with Crippen LogP contribution in [0.1, 0.15) is 56.1 Å². The van der Waals surface area contributed by atoms with E-state index in [2.05, 4.69) is 15.2 Å². The maximum absolute atomic E-state index is 12.4. The lowest BCUT2D eigenvalue weighted by Crippen LogP contribution is -2.39. The van der Waals surface area contributed by atoms with E-state index in [9.17, 15) is 9.59 Å². The van der Waals surface area contributed by atoms with E-state index in [1.54, 1.807) is 0 Å². The molecule has 0 aromatic carbocycles. The first-order chi connectivity index (χ1) is 11.1. The molecule has 0 radical (unpaired) electrons. The fourth-order valence-corrected chi connectivity index (χ4v) is 3.48. The molecule has 2 amide bonds. The molecule has 3 rings (SSSR count). The number of aryl methyl sites for hydroxylation is 1. The SMILES string of the molecule is Cc1nc([C@@H]2CCCN(C(=O)CCCN3CCCC3=O)C2)n[nH]1. The molecule has 0 spiro atoms. The van der Waals surface area contributed by atoms with Gasteiger partial charge in [0.05, 0.1) is 0 Å². The molecule has 3 heterocycles. The van der Waals surface area contributed by atoms with Crippen molar-refractivity contribution in [2.45, 2.75) is 51.4 Å². The lowest BCUT2D eigenvalue weighted by atomic mass is 9.97. The van der Waals surface area contributed by atoms with E-state index in [0.29, 0.717) is 25.9 Å². The normalized spacial score (nSPS) is 22.0. The molecule has 1 aromatic heterocycles. The van der Waals surface area contributed by atoms with Gasteiger partial charge in [0, 0.05) is 44.9 Å². The van der Waals surface area contributed by atoms with Gasteiger partial charge in [0.1, 0.15) is 5.82 Å². The average Bonchev–Trinajstić information content (AvgIpc) is 3.16. The lowest BCUT2D eigenvalue weighted by Gasteiger charge is -2.31. The summed E-state index contributed by atoms with van der Waals surface area (Å²) in [7, 11) is 0. The van der Waals surface area contributed by atoms with E-state index < -0.39 is 0 Å². The quantitative estimate of drug-likeness (QED) is 0.885. The topological polar surface area (TPSA) is 82.2 Å². The Bertz CT molecular complexity index is 571. The molecule has 2 aliphatic heterocycles. The zero-order valence-electron chi connectivity index (χ0n) is 13.8. The molecule has 0 bridgehead atoms. The fraction of sp³-hybridized carbons (Fsp3) is 0.750. The smallest absolute Gasteiger partial charge is 0.222 e. The molecule has 2 aliphatic rings. The Morgan fingerprint density at radius 2 is 2.22 bits per heavy atom. The predicted molar refractivity (Wildman–Crippen MR) is 84.7 cm³/mol. The number of nitrogens with zero attached hydrogens (tertiary/aromatic N) is 4. The van der Waals surface area contributed by atoms with Gasteiger partial charge in [-0.3, -0.25) is 14.7 Å². The summed E-state index contributed by atoms with van der Waals surface area (Å²) in [6, 6.07) is 0. The molecule has 0 saturated carbocycles. The third-order valence-corrected chi connectivity index (χ3v) is 4.74. The van der Waals surface area contributed by atoms with Gasteiger partial charge in [-0.15, -0.1) is 0 Å². The molecule has 1 aromatic rings. The van der Waals surface area contributed by atoms with Crippen LogP contribution in [0.25, 0.3) is 0 Å². The fourth-order valence-electron chi connectivity index (χ4n) is 3.48. The van der Waals surface area contributed by atoms with E-state index in [-0.39, 0.29) is 17.7 Å². The standard InChI is InChI=1S/C16H25N5O2/c1-12-17-16(19-18-12)13-5-2-10-21(11-13)15(23)7-4-9-20-8-3-6-14(20)22/h13H,2-11H2,1H3,(H,17,18,19)/t13-/m1/s1. The molecule has 0 unspecified atom stereocenters. The van der Waals surface area contributed by atoms with Gasteiger partial charge in [-0.05, 0) is 32.6 Å². The van der Waals surface area contributed by atoms with Crippen molar-refractivity contribution in [3.8, 4) is 0 Å². The summed E-state index contributed by atoms with van der Waals surface area (Å²) < 4.78 is 0. The first-order valence-corrected chi connectivity index (χ1v) is 8.58. The third kappa shape index (κ3) is 3.89. The molecule has 126 valence electrons. The monoisotopic (exact) mass is 319 g/mol. The van der Waals surface area contributed by atoms with Gasteiger partial charge in [0.25, 0.3) is 0 Å². The minimum absolute atomic E-state index is 0.189. The second-order valence-corrected chi connectivity index (χ2v) is 6.55. The number of rotatable bonds is 5. The highest BCUT2D eigenvalue weighted by Crippen LogP contribution is 2.25. The van der Waals surface area contributed by atoms with Crippen molar-refractivity contribution >= 4 is 11.8 Å². The molecule has 1 atom stereocenters. The Hall–Kier alpha value is -1.92. The Morgan fingerprint density at radius 3 is 2.91 bits per heavy atom. The molecule has 23 heavy (non-hydrogen) atoms. The van der Waals surface area contributed by atoms with Gasteiger partial charge >= 0.3 is 0 Å². The predicted octanol–water partition coefficient (Wildman–Crippen LogP) is 1.22. The van der Waals surface area contributed by atoms with Crippen LogP contribution in [0.4, 0.5) is 0 Å². The zero-order valence-corrected chi connectivity index (χ0v) is 13.8. The van der Waals surface area contributed by atoms with Crippen molar-refractivity contribution < 1.29 is 9.59 Å². The maximum atomic E-state index is 12.4. The number of aromatic nitrogens is 3.